The Morgan fingerprint density at radius 2 is 1.96 bits per heavy atom. The van der Waals surface area contributed by atoms with Crippen LogP contribution in [0.3, 0.4) is 0 Å². The van der Waals surface area contributed by atoms with Crippen LogP contribution < -0.4 is 9.47 Å². The van der Waals surface area contributed by atoms with E-state index in [4.69, 9.17) is 21.7 Å². The summed E-state index contributed by atoms with van der Waals surface area (Å²) < 4.78 is 11.9. The van der Waals surface area contributed by atoms with Crippen LogP contribution in [-0.2, 0) is 11.4 Å². The van der Waals surface area contributed by atoms with E-state index in [2.05, 4.69) is 0 Å². The minimum atomic E-state index is -0.0413. The summed E-state index contributed by atoms with van der Waals surface area (Å²) in [4.78, 5) is 14.6. The van der Waals surface area contributed by atoms with E-state index in [1.807, 2.05) is 61.5 Å². The van der Waals surface area contributed by atoms with Gasteiger partial charge in [-0.3, -0.25) is 9.69 Å². The van der Waals surface area contributed by atoms with Crippen molar-refractivity contribution in [2.24, 2.45) is 0 Å². The number of para-hydroxylation sites is 1. The third-order valence-corrected chi connectivity index (χ3v) is 5.31. The SMILES string of the molecule is CCN1C(=O)/C(=C\c2ccc(OC)c(COc3ccccc3)c2)SC1=S. The summed E-state index contributed by atoms with van der Waals surface area (Å²) in [6.07, 6.45) is 1.86. The summed E-state index contributed by atoms with van der Waals surface area (Å²) in [5.74, 6) is 1.50. The summed E-state index contributed by atoms with van der Waals surface area (Å²) in [5, 5.41) is 0. The maximum absolute atomic E-state index is 12.4. The van der Waals surface area contributed by atoms with Gasteiger partial charge in [0.2, 0.25) is 0 Å². The van der Waals surface area contributed by atoms with Gasteiger partial charge in [0.1, 0.15) is 22.4 Å². The highest BCUT2D eigenvalue weighted by molar-refractivity contribution is 8.26. The van der Waals surface area contributed by atoms with Crippen LogP contribution in [-0.4, -0.2) is 28.8 Å². The predicted molar refractivity (Wildman–Crippen MR) is 109 cm³/mol. The monoisotopic (exact) mass is 385 g/mol. The molecule has 4 nitrogen and oxygen atoms in total. The average Bonchev–Trinajstić information content (AvgIpc) is 2.93. The van der Waals surface area contributed by atoms with Gasteiger partial charge >= 0.3 is 0 Å². The van der Waals surface area contributed by atoms with Crippen LogP contribution in [0.25, 0.3) is 6.08 Å². The quantitative estimate of drug-likeness (QED) is 0.541. The van der Waals surface area contributed by atoms with Crippen molar-refractivity contribution in [3.05, 3.63) is 64.6 Å². The number of rotatable bonds is 6. The first kappa shape index (κ1) is 18.5. The molecule has 0 radical (unpaired) electrons. The molecule has 1 heterocycles. The second-order valence-electron chi connectivity index (χ2n) is 5.60. The molecule has 6 heteroatoms. The fourth-order valence-corrected chi connectivity index (χ4v) is 3.99. The Bertz CT molecular complexity index is 849. The molecule has 0 N–H and O–H groups in total. The summed E-state index contributed by atoms with van der Waals surface area (Å²) >= 11 is 6.59. The third kappa shape index (κ3) is 4.08. The molecule has 1 fully saturated rings. The number of likely N-dealkylation sites (N-methyl/N-ethyl adjacent to an activating group) is 1. The molecule has 2 aromatic carbocycles. The Labute approximate surface area is 162 Å². The van der Waals surface area contributed by atoms with Crippen molar-refractivity contribution in [3.8, 4) is 11.5 Å². The summed E-state index contributed by atoms with van der Waals surface area (Å²) in [5.41, 5.74) is 1.82. The lowest BCUT2D eigenvalue weighted by Crippen LogP contribution is -2.27. The van der Waals surface area contributed by atoms with E-state index in [9.17, 15) is 4.79 Å². The van der Waals surface area contributed by atoms with E-state index in [-0.39, 0.29) is 5.91 Å². The van der Waals surface area contributed by atoms with Crippen molar-refractivity contribution in [2.75, 3.05) is 13.7 Å². The number of nitrogens with zero attached hydrogens (tertiary/aromatic N) is 1. The first-order chi connectivity index (χ1) is 12.6. The van der Waals surface area contributed by atoms with Gasteiger partial charge in [0.15, 0.2) is 0 Å². The van der Waals surface area contributed by atoms with Gasteiger partial charge in [-0.15, -0.1) is 0 Å². The maximum atomic E-state index is 12.4. The number of ether oxygens (including phenoxy) is 2. The zero-order valence-corrected chi connectivity index (χ0v) is 16.2. The number of carbonyl (C=O) groups is 1. The molecule has 0 spiro atoms. The molecule has 0 atom stereocenters. The molecule has 0 bridgehead atoms. The Kier molecular flexibility index (Phi) is 5.96. The van der Waals surface area contributed by atoms with Gasteiger partial charge in [-0.1, -0.05) is 48.2 Å². The van der Waals surface area contributed by atoms with Crippen molar-refractivity contribution in [2.45, 2.75) is 13.5 Å². The van der Waals surface area contributed by atoms with Crippen molar-refractivity contribution < 1.29 is 14.3 Å². The van der Waals surface area contributed by atoms with Crippen LogP contribution in [0, 0.1) is 0 Å². The fourth-order valence-electron chi connectivity index (χ4n) is 2.60. The minimum absolute atomic E-state index is 0.0413. The predicted octanol–water partition coefficient (Wildman–Crippen LogP) is 4.50. The zero-order chi connectivity index (χ0) is 18.5. The number of carbonyl (C=O) groups excluding carboxylic acids is 1. The lowest BCUT2D eigenvalue weighted by molar-refractivity contribution is -0.121. The molecular formula is C20H19NO3S2. The second-order valence-corrected chi connectivity index (χ2v) is 7.27. The molecule has 0 saturated carbocycles. The highest BCUT2D eigenvalue weighted by Crippen LogP contribution is 2.33. The first-order valence-electron chi connectivity index (χ1n) is 8.22. The number of thiocarbonyl (C=S) groups is 1. The van der Waals surface area contributed by atoms with Crippen LogP contribution in [0.1, 0.15) is 18.1 Å². The number of benzene rings is 2. The zero-order valence-electron chi connectivity index (χ0n) is 14.6. The van der Waals surface area contributed by atoms with E-state index in [1.165, 1.54) is 11.8 Å². The molecule has 0 aliphatic carbocycles. The molecule has 1 aliphatic heterocycles. The Hall–Kier alpha value is -2.31. The lowest BCUT2D eigenvalue weighted by Gasteiger charge is -2.11. The maximum Gasteiger partial charge on any atom is 0.266 e. The largest absolute Gasteiger partial charge is 0.496 e. The molecular weight excluding hydrogens is 366 g/mol. The van der Waals surface area contributed by atoms with Crippen molar-refractivity contribution >= 4 is 40.3 Å². The smallest absolute Gasteiger partial charge is 0.266 e. The van der Waals surface area contributed by atoms with Gasteiger partial charge in [-0.25, -0.2) is 0 Å². The number of thioether (sulfide) groups is 1. The normalized spacial score (nSPS) is 15.6. The van der Waals surface area contributed by atoms with Gasteiger partial charge in [-0.2, -0.15) is 0 Å². The van der Waals surface area contributed by atoms with Crippen LogP contribution in [0.4, 0.5) is 0 Å². The first-order valence-corrected chi connectivity index (χ1v) is 9.45. The van der Waals surface area contributed by atoms with E-state index >= 15 is 0 Å². The number of hydrogen-bond donors (Lipinski definition) is 0. The molecule has 1 aliphatic rings. The molecule has 2 aromatic rings. The van der Waals surface area contributed by atoms with Crippen molar-refractivity contribution in [3.63, 3.8) is 0 Å². The molecule has 0 unspecified atom stereocenters. The minimum Gasteiger partial charge on any atom is -0.496 e. The fraction of sp³-hybridized carbons (Fsp3) is 0.200. The lowest BCUT2D eigenvalue weighted by atomic mass is 10.1. The second kappa shape index (κ2) is 8.38. The van der Waals surface area contributed by atoms with Crippen molar-refractivity contribution in [1.29, 1.82) is 0 Å². The highest BCUT2D eigenvalue weighted by Gasteiger charge is 2.30. The summed E-state index contributed by atoms with van der Waals surface area (Å²) in [6.45, 7) is 2.88. The summed E-state index contributed by atoms with van der Waals surface area (Å²) in [6, 6.07) is 15.4. The molecule has 0 aromatic heterocycles. The third-order valence-electron chi connectivity index (χ3n) is 3.93. The molecule has 134 valence electrons. The van der Waals surface area contributed by atoms with Crippen LogP contribution in [0.15, 0.2) is 53.4 Å². The Morgan fingerprint density at radius 1 is 1.19 bits per heavy atom. The van der Waals surface area contributed by atoms with Crippen LogP contribution in [0.5, 0.6) is 11.5 Å². The van der Waals surface area contributed by atoms with Crippen LogP contribution >= 0.6 is 24.0 Å². The number of hydrogen-bond acceptors (Lipinski definition) is 5. The number of amides is 1. The van der Waals surface area contributed by atoms with Gasteiger partial charge in [0, 0.05) is 12.1 Å². The Balaban J connectivity index is 1.82. The molecule has 26 heavy (non-hydrogen) atoms. The molecule has 3 rings (SSSR count). The Morgan fingerprint density at radius 3 is 2.62 bits per heavy atom. The van der Waals surface area contributed by atoms with Crippen molar-refractivity contribution in [1.82, 2.24) is 4.90 Å². The van der Waals surface area contributed by atoms with E-state index in [0.717, 1.165) is 22.6 Å². The van der Waals surface area contributed by atoms with E-state index < -0.39 is 0 Å². The number of methoxy groups -OCH3 is 1. The molecule has 1 amide bonds. The highest BCUT2D eigenvalue weighted by atomic mass is 32.2. The van der Waals surface area contributed by atoms with Gasteiger partial charge in [0.25, 0.3) is 5.91 Å². The van der Waals surface area contributed by atoms with E-state index in [1.54, 1.807) is 12.0 Å². The van der Waals surface area contributed by atoms with Crippen LogP contribution in [0.2, 0.25) is 0 Å². The standard InChI is InChI=1S/C20H19NO3S2/c1-3-21-19(22)18(26-20(21)25)12-14-9-10-17(23-2)15(11-14)13-24-16-7-5-4-6-8-16/h4-12H,3,13H2,1-2H3/b18-12+. The van der Waals surface area contributed by atoms with Gasteiger partial charge < -0.3 is 9.47 Å². The van der Waals surface area contributed by atoms with E-state index in [0.29, 0.717) is 22.4 Å². The topological polar surface area (TPSA) is 38.8 Å². The molecule has 1 saturated heterocycles. The average molecular weight is 386 g/mol. The van der Waals surface area contributed by atoms with Gasteiger partial charge in [-0.05, 0) is 42.8 Å². The van der Waals surface area contributed by atoms with Gasteiger partial charge in [0.05, 0.1) is 12.0 Å². The summed E-state index contributed by atoms with van der Waals surface area (Å²) in [7, 11) is 1.63.